The predicted octanol–water partition coefficient (Wildman–Crippen LogP) is 4.07. The van der Waals surface area contributed by atoms with Crippen molar-refractivity contribution < 1.29 is 14.2 Å². The molecule has 0 bridgehead atoms. The molecule has 2 N–H and O–H groups in total. The van der Waals surface area contributed by atoms with Crippen LogP contribution in [0.2, 0.25) is 0 Å². The predicted molar refractivity (Wildman–Crippen MR) is 141 cm³/mol. The molecule has 0 spiro atoms. The van der Waals surface area contributed by atoms with Crippen LogP contribution in [0.3, 0.4) is 0 Å². The molecule has 1 saturated heterocycles. The molecule has 0 amide bonds. The second-order valence-electron chi connectivity index (χ2n) is 8.01. The molecular weight excluding hydrogens is 458 g/mol. The van der Waals surface area contributed by atoms with Gasteiger partial charge in [0.2, 0.25) is 17.8 Å². The number of benzene rings is 3. The van der Waals surface area contributed by atoms with Gasteiger partial charge in [-0.15, -0.1) is 0 Å². The van der Waals surface area contributed by atoms with Crippen LogP contribution in [0.4, 0.5) is 23.5 Å². The van der Waals surface area contributed by atoms with E-state index < -0.39 is 0 Å². The molecule has 1 aromatic heterocycles. The highest BCUT2D eigenvalue weighted by molar-refractivity contribution is 5.95. The van der Waals surface area contributed by atoms with Crippen molar-refractivity contribution in [2.75, 3.05) is 56.2 Å². The largest absolute Gasteiger partial charge is 0.497 e. The average molecular weight is 486 g/mol. The lowest BCUT2D eigenvalue weighted by Gasteiger charge is -2.27. The van der Waals surface area contributed by atoms with E-state index in [-0.39, 0.29) is 0 Å². The van der Waals surface area contributed by atoms with E-state index in [2.05, 4.69) is 53.9 Å². The molecule has 5 rings (SSSR count). The lowest BCUT2D eigenvalue weighted by Crippen LogP contribution is -2.37. The molecule has 0 saturated carbocycles. The van der Waals surface area contributed by atoms with Gasteiger partial charge in [-0.2, -0.15) is 20.1 Å². The summed E-state index contributed by atoms with van der Waals surface area (Å²) in [4.78, 5) is 15.9. The minimum absolute atomic E-state index is 0.318. The van der Waals surface area contributed by atoms with Gasteiger partial charge >= 0.3 is 0 Å². The third-order valence-electron chi connectivity index (χ3n) is 5.76. The fraction of sp³-hybridized carbons (Fsp3) is 0.231. The number of nitrogens with one attached hydrogen (secondary N) is 2. The van der Waals surface area contributed by atoms with Gasteiger partial charge in [0.15, 0.2) is 0 Å². The quantitative estimate of drug-likeness (QED) is 0.282. The lowest BCUT2D eigenvalue weighted by atomic mass is 10.1. The molecule has 1 aliphatic rings. The van der Waals surface area contributed by atoms with E-state index in [1.54, 1.807) is 26.5 Å². The Morgan fingerprint density at radius 2 is 1.72 bits per heavy atom. The summed E-state index contributed by atoms with van der Waals surface area (Å²) in [7, 11) is 3.21. The van der Waals surface area contributed by atoms with Crippen LogP contribution in [0.25, 0.3) is 10.8 Å². The summed E-state index contributed by atoms with van der Waals surface area (Å²) in [5.74, 6) is 2.63. The molecule has 3 aromatic carbocycles. The summed E-state index contributed by atoms with van der Waals surface area (Å²) in [6.07, 6.45) is 1.65. The van der Waals surface area contributed by atoms with Crippen LogP contribution in [0, 0.1) is 0 Å². The summed E-state index contributed by atoms with van der Waals surface area (Å²) in [5.41, 5.74) is 4.63. The number of hydrazone groups is 1. The van der Waals surface area contributed by atoms with Crippen molar-refractivity contribution in [3.63, 3.8) is 0 Å². The van der Waals surface area contributed by atoms with Crippen LogP contribution in [0.15, 0.2) is 65.8 Å². The lowest BCUT2D eigenvalue weighted by molar-refractivity contribution is 0.122. The number of ether oxygens (including phenoxy) is 3. The van der Waals surface area contributed by atoms with Crippen molar-refractivity contribution in [1.82, 2.24) is 15.0 Å². The summed E-state index contributed by atoms with van der Waals surface area (Å²) in [6, 6.07) is 19.7. The van der Waals surface area contributed by atoms with E-state index in [0.717, 1.165) is 22.0 Å². The molecule has 4 aromatic rings. The highest BCUT2D eigenvalue weighted by Gasteiger charge is 2.17. The van der Waals surface area contributed by atoms with E-state index in [9.17, 15) is 0 Å². The minimum atomic E-state index is 0.318. The van der Waals surface area contributed by atoms with Gasteiger partial charge in [-0.25, -0.2) is 5.43 Å². The second kappa shape index (κ2) is 10.9. The summed E-state index contributed by atoms with van der Waals surface area (Å²) in [5, 5.41) is 9.90. The van der Waals surface area contributed by atoms with E-state index in [1.165, 1.54) is 0 Å². The first-order chi connectivity index (χ1) is 17.7. The first kappa shape index (κ1) is 23.3. The Balaban J connectivity index is 1.43. The number of fused-ring (bicyclic) bond motifs is 1. The summed E-state index contributed by atoms with van der Waals surface area (Å²) < 4.78 is 16.2. The Morgan fingerprint density at radius 3 is 2.56 bits per heavy atom. The first-order valence-electron chi connectivity index (χ1n) is 11.6. The number of morpholine rings is 1. The third kappa shape index (κ3) is 5.28. The Morgan fingerprint density at radius 1 is 0.917 bits per heavy atom. The molecular formula is C26H27N7O3. The van der Waals surface area contributed by atoms with Crippen LogP contribution in [-0.2, 0) is 4.74 Å². The van der Waals surface area contributed by atoms with Crippen LogP contribution >= 0.6 is 0 Å². The Bertz CT molecular complexity index is 1370. The maximum atomic E-state index is 5.49. The van der Waals surface area contributed by atoms with Crippen LogP contribution in [-0.4, -0.2) is 61.7 Å². The fourth-order valence-electron chi connectivity index (χ4n) is 3.91. The number of anilines is 4. The van der Waals surface area contributed by atoms with E-state index >= 15 is 0 Å². The molecule has 0 radical (unpaired) electrons. The van der Waals surface area contributed by atoms with Gasteiger partial charge in [0, 0.05) is 35.8 Å². The monoisotopic (exact) mass is 485 g/mol. The molecule has 0 aliphatic carbocycles. The number of aromatic nitrogens is 3. The standard InChI is InChI=1S/C26H27N7O3/c1-34-20-11-10-19(23(16-20)35-2)17-27-32-25-29-24(30-26(31-25)33-12-14-36-15-13-33)28-22-9-5-7-18-6-3-4-8-21(18)22/h3-11,16-17H,12-15H2,1-2H3,(H2,28,29,30,31,32)/b27-17+. The van der Waals surface area contributed by atoms with Gasteiger partial charge in [-0.05, 0) is 23.6 Å². The van der Waals surface area contributed by atoms with Gasteiger partial charge in [0.05, 0.1) is 33.6 Å². The number of hydrogen-bond donors (Lipinski definition) is 2. The van der Waals surface area contributed by atoms with Gasteiger partial charge in [0.1, 0.15) is 11.5 Å². The van der Waals surface area contributed by atoms with Crippen molar-refractivity contribution >= 4 is 40.5 Å². The number of nitrogens with zero attached hydrogens (tertiary/aromatic N) is 5. The van der Waals surface area contributed by atoms with E-state index in [0.29, 0.717) is 55.6 Å². The van der Waals surface area contributed by atoms with Crippen LogP contribution in [0.1, 0.15) is 5.56 Å². The first-order valence-corrected chi connectivity index (χ1v) is 11.6. The topological polar surface area (TPSA) is 106 Å². The molecule has 184 valence electrons. The van der Waals surface area contributed by atoms with Crippen molar-refractivity contribution in [2.24, 2.45) is 5.10 Å². The normalized spacial score (nSPS) is 13.7. The van der Waals surface area contributed by atoms with Gasteiger partial charge in [-0.1, -0.05) is 36.4 Å². The zero-order chi connectivity index (χ0) is 24.7. The van der Waals surface area contributed by atoms with E-state index in [1.807, 2.05) is 36.4 Å². The van der Waals surface area contributed by atoms with Crippen LogP contribution in [0.5, 0.6) is 11.5 Å². The Labute approximate surface area is 209 Å². The molecule has 1 aliphatic heterocycles. The maximum absolute atomic E-state index is 5.49. The zero-order valence-electron chi connectivity index (χ0n) is 20.1. The fourth-order valence-corrected chi connectivity index (χ4v) is 3.91. The summed E-state index contributed by atoms with van der Waals surface area (Å²) >= 11 is 0. The Kier molecular flexibility index (Phi) is 7.04. The number of methoxy groups -OCH3 is 2. The number of hydrogen-bond acceptors (Lipinski definition) is 10. The highest BCUT2D eigenvalue weighted by Crippen LogP contribution is 2.26. The van der Waals surface area contributed by atoms with Crippen molar-refractivity contribution in [1.29, 1.82) is 0 Å². The molecule has 10 heteroatoms. The SMILES string of the molecule is COc1ccc(/C=N/Nc2nc(Nc3cccc4ccccc34)nc(N3CCOCC3)n2)c(OC)c1. The molecule has 36 heavy (non-hydrogen) atoms. The highest BCUT2D eigenvalue weighted by atomic mass is 16.5. The smallest absolute Gasteiger partial charge is 0.250 e. The number of rotatable bonds is 8. The zero-order valence-corrected chi connectivity index (χ0v) is 20.1. The van der Waals surface area contributed by atoms with Gasteiger partial charge in [0.25, 0.3) is 0 Å². The van der Waals surface area contributed by atoms with E-state index in [4.69, 9.17) is 14.2 Å². The summed E-state index contributed by atoms with van der Waals surface area (Å²) in [6.45, 7) is 2.64. The van der Waals surface area contributed by atoms with Gasteiger partial charge < -0.3 is 24.4 Å². The molecule has 1 fully saturated rings. The van der Waals surface area contributed by atoms with Gasteiger partial charge in [-0.3, -0.25) is 0 Å². The maximum Gasteiger partial charge on any atom is 0.250 e. The third-order valence-corrected chi connectivity index (χ3v) is 5.76. The van der Waals surface area contributed by atoms with Crippen molar-refractivity contribution in [3.8, 4) is 11.5 Å². The second-order valence-corrected chi connectivity index (χ2v) is 8.01. The average Bonchev–Trinajstić information content (AvgIpc) is 2.94. The molecule has 2 heterocycles. The molecule has 0 atom stereocenters. The minimum Gasteiger partial charge on any atom is -0.497 e. The Hall–Kier alpha value is -4.44. The molecule has 0 unspecified atom stereocenters. The van der Waals surface area contributed by atoms with Crippen LogP contribution < -0.4 is 25.1 Å². The van der Waals surface area contributed by atoms with Crippen molar-refractivity contribution in [2.45, 2.75) is 0 Å². The molecule has 10 nitrogen and oxygen atoms in total. The van der Waals surface area contributed by atoms with Crippen molar-refractivity contribution in [3.05, 3.63) is 66.2 Å².